The molecule has 0 N–H and O–H groups in total. The number of nitrogens with zero attached hydrogens (tertiary/aromatic N) is 1. The Morgan fingerprint density at radius 1 is 1.67 bits per heavy atom. The van der Waals surface area contributed by atoms with Gasteiger partial charge in [-0.2, -0.15) is 0 Å². The summed E-state index contributed by atoms with van der Waals surface area (Å²) in [4.78, 5) is 13.0. The maximum atomic E-state index is 11.0. The van der Waals surface area contributed by atoms with Crippen LogP contribution in [0.4, 0.5) is 0 Å². The molecule has 1 saturated heterocycles. The molecule has 3 nitrogen and oxygen atoms in total. The minimum absolute atomic E-state index is 0.316. The van der Waals surface area contributed by atoms with Crippen LogP contribution in [0.1, 0.15) is 13.3 Å². The summed E-state index contributed by atoms with van der Waals surface area (Å²) in [5.41, 5.74) is 0.488. The van der Waals surface area contributed by atoms with Crippen molar-refractivity contribution in [1.82, 2.24) is 4.90 Å². The molecule has 1 aliphatic rings. The van der Waals surface area contributed by atoms with Gasteiger partial charge in [-0.05, 0) is 12.3 Å². The van der Waals surface area contributed by atoms with E-state index in [2.05, 4.69) is 18.2 Å². The normalized spacial score (nSPS) is 22.5. The predicted octanol–water partition coefficient (Wildman–Crippen LogP) is 1.01. The van der Waals surface area contributed by atoms with Gasteiger partial charge in [0.1, 0.15) is 5.70 Å². The van der Waals surface area contributed by atoms with Gasteiger partial charge in [-0.15, -0.1) is 0 Å². The predicted molar refractivity (Wildman–Crippen MR) is 46.5 cm³/mol. The van der Waals surface area contributed by atoms with Crippen molar-refractivity contribution < 1.29 is 9.53 Å². The highest BCUT2D eigenvalue weighted by molar-refractivity contribution is 5.86. The summed E-state index contributed by atoms with van der Waals surface area (Å²) in [6.07, 6.45) is 1.13. The summed E-state index contributed by atoms with van der Waals surface area (Å²) in [7, 11) is 1.38. The van der Waals surface area contributed by atoms with Gasteiger partial charge >= 0.3 is 5.97 Å². The van der Waals surface area contributed by atoms with Crippen LogP contribution < -0.4 is 0 Å². The van der Waals surface area contributed by atoms with Crippen LogP contribution in [0, 0.1) is 5.92 Å². The molecule has 0 bridgehead atoms. The number of likely N-dealkylation sites (tertiary alicyclic amines) is 1. The molecule has 0 radical (unpaired) electrons. The van der Waals surface area contributed by atoms with Gasteiger partial charge in [-0.1, -0.05) is 13.5 Å². The Balaban J connectivity index is 2.48. The Labute approximate surface area is 73.0 Å². The van der Waals surface area contributed by atoms with E-state index in [-0.39, 0.29) is 5.97 Å². The summed E-state index contributed by atoms with van der Waals surface area (Å²) in [6, 6.07) is 0. The Morgan fingerprint density at radius 2 is 2.33 bits per heavy atom. The number of carbonyl (C=O) groups is 1. The Morgan fingerprint density at radius 3 is 2.75 bits per heavy atom. The van der Waals surface area contributed by atoms with E-state index in [1.54, 1.807) is 0 Å². The van der Waals surface area contributed by atoms with E-state index in [0.29, 0.717) is 11.6 Å². The number of rotatable bonds is 2. The zero-order valence-electron chi connectivity index (χ0n) is 7.67. The van der Waals surface area contributed by atoms with E-state index in [9.17, 15) is 4.79 Å². The van der Waals surface area contributed by atoms with E-state index < -0.39 is 0 Å². The Kier molecular flexibility index (Phi) is 2.74. The fourth-order valence-corrected chi connectivity index (χ4v) is 1.43. The SMILES string of the molecule is C=C(C(=O)OC)N1CCC(C)C1. The summed E-state index contributed by atoms with van der Waals surface area (Å²) in [6.45, 7) is 7.71. The monoisotopic (exact) mass is 169 g/mol. The first-order valence-corrected chi connectivity index (χ1v) is 4.17. The second-order valence-electron chi connectivity index (χ2n) is 3.28. The van der Waals surface area contributed by atoms with Gasteiger partial charge in [0.2, 0.25) is 0 Å². The molecular formula is C9H15NO2. The van der Waals surface area contributed by atoms with Gasteiger partial charge in [0.25, 0.3) is 0 Å². The fourth-order valence-electron chi connectivity index (χ4n) is 1.43. The molecular weight excluding hydrogens is 154 g/mol. The zero-order chi connectivity index (χ0) is 9.14. The van der Waals surface area contributed by atoms with Crippen molar-refractivity contribution >= 4 is 5.97 Å². The minimum atomic E-state index is -0.316. The molecule has 1 aliphatic heterocycles. The van der Waals surface area contributed by atoms with Crippen LogP contribution in [-0.4, -0.2) is 31.1 Å². The van der Waals surface area contributed by atoms with Gasteiger partial charge < -0.3 is 9.64 Å². The number of carbonyl (C=O) groups excluding carboxylic acids is 1. The first kappa shape index (κ1) is 9.10. The maximum absolute atomic E-state index is 11.0. The van der Waals surface area contributed by atoms with E-state index in [1.807, 2.05) is 4.90 Å². The number of hydrogen-bond donors (Lipinski definition) is 0. The number of ether oxygens (including phenoxy) is 1. The molecule has 1 atom stereocenters. The molecule has 0 aromatic heterocycles. The van der Waals surface area contributed by atoms with Crippen LogP contribution in [0.25, 0.3) is 0 Å². The lowest BCUT2D eigenvalue weighted by Gasteiger charge is -2.18. The van der Waals surface area contributed by atoms with Crippen LogP contribution in [0.5, 0.6) is 0 Å². The first-order valence-electron chi connectivity index (χ1n) is 4.17. The highest BCUT2D eigenvalue weighted by Crippen LogP contribution is 2.19. The molecule has 68 valence electrons. The fraction of sp³-hybridized carbons (Fsp3) is 0.667. The second kappa shape index (κ2) is 3.61. The third-order valence-corrected chi connectivity index (χ3v) is 2.23. The third kappa shape index (κ3) is 1.78. The molecule has 0 aromatic rings. The smallest absolute Gasteiger partial charge is 0.353 e. The third-order valence-electron chi connectivity index (χ3n) is 2.23. The molecule has 1 heterocycles. The van der Waals surface area contributed by atoms with Crippen molar-refractivity contribution in [2.24, 2.45) is 5.92 Å². The number of hydrogen-bond acceptors (Lipinski definition) is 3. The average Bonchev–Trinajstić information content (AvgIpc) is 2.49. The number of methoxy groups -OCH3 is 1. The van der Waals surface area contributed by atoms with Crippen LogP contribution in [0.2, 0.25) is 0 Å². The highest BCUT2D eigenvalue weighted by atomic mass is 16.5. The molecule has 0 spiro atoms. The summed E-state index contributed by atoms with van der Waals surface area (Å²) in [5.74, 6) is 0.343. The van der Waals surface area contributed by atoms with Gasteiger partial charge in [-0.3, -0.25) is 0 Å². The summed E-state index contributed by atoms with van der Waals surface area (Å²) >= 11 is 0. The summed E-state index contributed by atoms with van der Waals surface area (Å²) < 4.78 is 4.58. The quantitative estimate of drug-likeness (QED) is 0.456. The standard InChI is InChI=1S/C9H15NO2/c1-7-4-5-10(6-7)8(2)9(11)12-3/h7H,2,4-6H2,1,3H3. The maximum Gasteiger partial charge on any atom is 0.353 e. The Hall–Kier alpha value is -0.990. The molecule has 12 heavy (non-hydrogen) atoms. The van der Waals surface area contributed by atoms with E-state index >= 15 is 0 Å². The van der Waals surface area contributed by atoms with Crippen LogP contribution in [0.3, 0.4) is 0 Å². The van der Waals surface area contributed by atoms with Crippen molar-refractivity contribution in [3.05, 3.63) is 12.3 Å². The van der Waals surface area contributed by atoms with Crippen molar-refractivity contribution in [2.45, 2.75) is 13.3 Å². The minimum Gasteiger partial charge on any atom is -0.464 e. The molecule has 1 unspecified atom stereocenters. The topological polar surface area (TPSA) is 29.5 Å². The lowest BCUT2D eigenvalue weighted by molar-refractivity contribution is -0.137. The largest absolute Gasteiger partial charge is 0.464 e. The molecule has 3 heteroatoms. The number of esters is 1. The highest BCUT2D eigenvalue weighted by Gasteiger charge is 2.23. The zero-order valence-corrected chi connectivity index (χ0v) is 7.67. The van der Waals surface area contributed by atoms with Gasteiger partial charge in [-0.25, -0.2) is 4.79 Å². The average molecular weight is 169 g/mol. The van der Waals surface area contributed by atoms with Gasteiger partial charge in [0.05, 0.1) is 7.11 Å². The van der Waals surface area contributed by atoms with Gasteiger partial charge in [0, 0.05) is 13.1 Å². The Bertz CT molecular complexity index is 201. The first-order chi connectivity index (χ1) is 5.65. The molecule has 0 aliphatic carbocycles. The van der Waals surface area contributed by atoms with E-state index in [0.717, 1.165) is 19.5 Å². The summed E-state index contributed by atoms with van der Waals surface area (Å²) in [5, 5.41) is 0. The lowest BCUT2D eigenvalue weighted by Crippen LogP contribution is -2.25. The van der Waals surface area contributed by atoms with Crippen molar-refractivity contribution in [1.29, 1.82) is 0 Å². The molecule has 0 amide bonds. The van der Waals surface area contributed by atoms with E-state index in [4.69, 9.17) is 0 Å². The second-order valence-corrected chi connectivity index (χ2v) is 3.28. The molecule has 1 rings (SSSR count). The molecule has 0 aromatic carbocycles. The van der Waals surface area contributed by atoms with Crippen molar-refractivity contribution in [2.75, 3.05) is 20.2 Å². The lowest BCUT2D eigenvalue weighted by atomic mass is 10.2. The van der Waals surface area contributed by atoms with Crippen LogP contribution in [-0.2, 0) is 9.53 Å². The van der Waals surface area contributed by atoms with Crippen molar-refractivity contribution in [3.8, 4) is 0 Å². The van der Waals surface area contributed by atoms with Crippen molar-refractivity contribution in [3.63, 3.8) is 0 Å². The molecule has 0 saturated carbocycles. The van der Waals surface area contributed by atoms with Crippen LogP contribution in [0.15, 0.2) is 12.3 Å². The van der Waals surface area contributed by atoms with E-state index in [1.165, 1.54) is 7.11 Å². The van der Waals surface area contributed by atoms with Crippen LogP contribution >= 0.6 is 0 Å². The van der Waals surface area contributed by atoms with Gasteiger partial charge in [0.15, 0.2) is 0 Å². The molecule has 1 fully saturated rings.